The van der Waals surface area contributed by atoms with Crippen molar-refractivity contribution in [1.29, 1.82) is 5.26 Å². The number of fused-ring (bicyclic) bond motifs is 2. The minimum Gasteiger partial charge on any atom is -0.339 e. The Bertz CT molecular complexity index is 1520. The number of nitriles is 1. The molecule has 4 aromatic heterocycles. The molecule has 1 saturated heterocycles. The fraction of sp³-hybridized carbons (Fsp3) is 0.375. The molecule has 1 saturated carbocycles. The number of aryl methyl sites for hydroxylation is 1. The predicted molar refractivity (Wildman–Crippen MR) is 121 cm³/mol. The third-order valence-corrected chi connectivity index (χ3v) is 7.06. The van der Waals surface area contributed by atoms with Gasteiger partial charge in [0.1, 0.15) is 5.41 Å². The normalized spacial score (nSPS) is 19.6. The van der Waals surface area contributed by atoms with Crippen molar-refractivity contribution < 1.29 is 4.79 Å². The molecule has 166 valence electrons. The van der Waals surface area contributed by atoms with Crippen LogP contribution >= 0.6 is 0 Å². The first-order valence-electron chi connectivity index (χ1n) is 11.2. The van der Waals surface area contributed by atoms with Crippen LogP contribution in [0.15, 0.2) is 47.5 Å². The van der Waals surface area contributed by atoms with Crippen LogP contribution in [0.5, 0.6) is 0 Å². The molecule has 33 heavy (non-hydrogen) atoms. The Morgan fingerprint density at radius 3 is 2.85 bits per heavy atom. The van der Waals surface area contributed by atoms with Gasteiger partial charge >= 0.3 is 5.69 Å². The Morgan fingerprint density at radius 1 is 1.21 bits per heavy atom. The molecule has 0 spiro atoms. The lowest BCUT2D eigenvalue weighted by molar-refractivity contribution is -0.136. The van der Waals surface area contributed by atoms with Crippen LogP contribution in [-0.2, 0) is 11.8 Å². The van der Waals surface area contributed by atoms with E-state index in [0.717, 1.165) is 35.1 Å². The second-order valence-corrected chi connectivity index (χ2v) is 9.08. The molecule has 0 radical (unpaired) electrons. The maximum atomic E-state index is 13.3. The maximum absolute atomic E-state index is 13.3. The molecule has 1 unspecified atom stereocenters. The summed E-state index contributed by atoms with van der Waals surface area (Å²) < 4.78 is 5.14. The summed E-state index contributed by atoms with van der Waals surface area (Å²) in [4.78, 5) is 32.9. The highest BCUT2D eigenvalue weighted by molar-refractivity contribution is 5.88. The first-order chi connectivity index (χ1) is 16.0. The summed E-state index contributed by atoms with van der Waals surface area (Å²) >= 11 is 0. The third-order valence-electron chi connectivity index (χ3n) is 7.06. The minimum atomic E-state index is -0.847. The number of piperidine rings is 1. The Morgan fingerprint density at radius 2 is 2.06 bits per heavy atom. The van der Waals surface area contributed by atoms with E-state index in [1.807, 2.05) is 36.5 Å². The van der Waals surface area contributed by atoms with Gasteiger partial charge in [0.05, 0.1) is 35.0 Å². The predicted octanol–water partition coefficient (Wildman–Crippen LogP) is 2.52. The number of likely N-dealkylation sites (tertiary alicyclic amines) is 1. The SMILES string of the molecule is Cn1c(=O)n(C2CCCN(C(=O)C3(C#N)CC3)C2)c2nc(-c3cnn4ccccc34)ccc21. The van der Waals surface area contributed by atoms with E-state index < -0.39 is 5.41 Å². The molecule has 9 heteroatoms. The van der Waals surface area contributed by atoms with Crippen molar-refractivity contribution >= 4 is 22.6 Å². The second kappa shape index (κ2) is 7.04. The number of carbonyl (C=O) groups is 1. The number of hydrogen-bond acceptors (Lipinski definition) is 5. The molecule has 0 N–H and O–H groups in total. The summed E-state index contributed by atoms with van der Waals surface area (Å²) in [6.45, 7) is 1.04. The van der Waals surface area contributed by atoms with E-state index in [2.05, 4.69) is 11.2 Å². The van der Waals surface area contributed by atoms with Crippen molar-refractivity contribution in [2.24, 2.45) is 12.5 Å². The van der Waals surface area contributed by atoms with E-state index in [-0.39, 0.29) is 17.6 Å². The van der Waals surface area contributed by atoms with E-state index in [0.29, 0.717) is 31.6 Å². The molecular formula is C24H23N7O2. The van der Waals surface area contributed by atoms with Gasteiger partial charge in [-0.25, -0.2) is 14.3 Å². The molecule has 2 aliphatic rings. The van der Waals surface area contributed by atoms with Crippen LogP contribution in [0.1, 0.15) is 31.7 Å². The number of amides is 1. The van der Waals surface area contributed by atoms with Crippen LogP contribution in [0.25, 0.3) is 27.9 Å². The average Bonchev–Trinajstić information content (AvgIpc) is 3.47. The zero-order valence-electron chi connectivity index (χ0n) is 18.3. The lowest BCUT2D eigenvalue weighted by Crippen LogP contribution is -2.45. The van der Waals surface area contributed by atoms with Crippen LogP contribution in [0, 0.1) is 16.7 Å². The Hall–Kier alpha value is -3.93. The Kier molecular flexibility index (Phi) is 4.21. The van der Waals surface area contributed by atoms with Crippen LogP contribution in [-0.4, -0.2) is 47.6 Å². The number of pyridine rings is 2. The van der Waals surface area contributed by atoms with Crippen LogP contribution in [0.2, 0.25) is 0 Å². The molecule has 1 amide bonds. The largest absolute Gasteiger partial charge is 0.339 e. The highest BCUT2D eigenvalue weighted by Gasteiger charge is 2.53. The van der Waals surface area contributed by atoms with Gasteiger partial charge in [-0.2, -0.15) is 10.4 Å². The Balaban J connectivity index is 1.43. The smallest absolute Gasteiger partial charge is 0.330 e. The zero-order chi connectivity index (χ0) is 22.7. The van der Waals surface area contributed by atoms with Gasteiger partial charge < -0.3 is 4.90 Å². The first kappa shape index (κ1) is 19.7. The monoisotopic (exact) mass is 441 g/mol. The van der Waals surface area contributed by atoms with Gasteiger partial charge in [0.2, 0.25) is 5.91 Å². The van der Waals surface area contributed by atoms with Crippen molar-refractivity contribution in [3.8, 4) is 17.3 Å². The maximum Gasteiger partial charge on any atom is 0.330 e. The summed E-state index contributed by atoms with van der Waals surface area (Å²) in [5.41, 5.74) is 2.94. The lowest BCUT2D eigenvalue weighted by atomic mass is 10.0. The lowest BCUT2D eigenvalue weighted by Gasteiger charge is -2.34. The fourth-order valence-corrected chi connectivity index (χ4v) is 5.00. The molecule has 0 bridgehead atoms. The third kappa shape index (κ3) is 2.90. The van der Waals surface area contributed by atoms with Gasteiger partial charge in [-0.05, 0) is 49.9 Å². The van der Waals surface area contributed by atoms with E-state index in [9.17, 15) is 14.9 Å². The van der Waals surface area contributed by atoms with Gasteiger partial charge in [0.25, 0.3) is 0 Å². The average molecular weight is 441 g/mol. The van der Waals surface area contributed by atoms with Crippen molar-refractivity contribution in [1.82, 2.24) is 28.6 Å². The molecule has 1 aliphatic heterocycles. The van der Waals surface area contributed by atoms with Gasteiger partial charge in [0, 0.05) is 31.9 Å². The summed E-state index contributed by atoms with van der Waals surface area (Å²) in [5, 5.41) is 13.9. The van der Waals surface area contributed by atoms with Crippen LogP contribution in [0.4, 0.5) is 0 Å². The van der Waals surface area contributed by atoms with Crippen molar-refractivity contribution in [2.75, 3.05) is 13.1 Å². The van der Waals surface area contributed by atoms with E-state index in [1.165, 1.54) is 0 Å². The summed E-state index contributed by atoms with van der Waals surface area (Å²) in [5.74, 6) is -0.0945. The number of nitrogens with zero attached hydrogens (tertiary/aromatic N) is 7. The van der Waals surface area contributed by atoms with Gasteiger partial charge in [-0.3, -0.25) is 13.9 Å². The minimum absolute atomic E-state index is 0.0945. The molecule has 4 aromatic rings. The fourth-order valence-electron chi connectivity index (χ4n) is 5.00. The van der Waals surface area contributed by atoms with E-state index >= 15 is 0 Å². The Labute approximate surface area is 189 Å². The molecule has 2 fully saturated rings. The summed E-state index contributed by atoms with van der Waals surface area (Å²) in [6.07, 6.45) is 6.49. The van der Waals surface area contributed by atoms with Crippen molar-refractivity contribution in [2.45, 2.75) is 31.7 Å². The van der Waals surface area contributed by atoms with Gasteiger partial charge in [-0.1, -0.05) is 6.07 Å². The molecule has 6 rings (SSSR count). The summed E-state index contributed by atoms with van der Waals surface area (Å²) in [7, 11) is 1.75. The van der Waals surface area contributed by atoms with E-state index in [4.69, 9.17) is 4.98 Å². The summed E-state index contributed by atoms with van der Waals surface area (Å²) in [6, 6.07) is 11.7. The molecule has 1 aliphatic carbocycles. The molecule has 5 heterocycles. The highest BCUT2D eigenvalue weighted by atomic mass is 16.2. The first-order valence-corrected chi connectivity index (χ1v) is 11.2. The topological polar surface area (TPSA) is 101 Å². The standard InChI is InChI=1S/C24H23N7O2/c1-28-20-8-7-18(17-13-26-30-12-3-2-6-19(17)30)27-21(20)31(23(28)33)16-5-4-11-29(14-16)22(32)24(15-25)9-10-24/h2-3,6-8,12-13,16H,4-5,9-11,14H2,1H3. The number of carbonyl (C=O) groups excluding carboxylic acids is 1. The van der Waals surface area contributed by atoms with Gasteiger partial charge in [-0.15, -0.1) is 0 Å². The molecule has 9 nitrogen and oxygen atoms in total. The van der Waals surface area contributed by atoms with Crippen LogP contribution < -0.4 is 5.69 Å². The van der Waals surface area contributed by atoms with Crippen LogP contribution in [0.3, 0.4) is 0 Å². The van der Waals surface area contributed by atoms with Crippen molar-refractivity contribution in [3.63, 3.8) is 0 Å². The molecule has 1 atom stereocenters. The van der Waals surface area contributed by atoms with E-state index in [1.54, 1.807) is 31.8 Å². The number of hydrogen-bond donors (Lipinski definition) is 0. The van der Waals surface area contributed by atoms with Crippen molar-refractivity contribution in [3.05, 3.63) is 53.2 Å². The zero-order valence-corrected chi connectivity index (χ0v) is 18.3. The van der Waals surface area contributed by atoms with Gasteiger partial charge in [0.15, 0.2) is 5.65 Å². The highest BCUT2D eigenvalue weighted by Crippen LogP contribution is 2.47. The quantitative estimate of drug-likeness (QED) is 0.486. The molecular weight excluding hydrogens is 418 g/mol. The number of rotatable bonds is 3. The molecule has 0 aromatic carbocycles. The second-order valence-electron chi connectivity index (χ2n) is 9.08. The number of imidazole rings is 1. The number of aromatic nitrogens is 5.